The monoisotopic (exact) mass is 394 g/mol. The summed E-state index contributed by atoms with van der Waals surface area (Å²) in [4.78, 5) is 18.7. The minimum atomic E-state index is -0.265. The van der Waals surface area contributed by atoms with E-state index in [1.807, 2.05) is 6.92 Å². The minimum Gasteiger partial charge on any atom is -0.497 e. The SMILES string of the molecule is CC[NH+](CC)CCC[C@@H](C)N=C(NC(=O)c1ccc(OC)cc1)OCCOC. The zero-order valence-electron chi connectivity index (χ0n) is 17.9. The molecule has 0 radical (unpaired) electrons. The molecule has 0 fully saturated rings. The van der Waals surface area contributed by atoms with E-state index >= 15 is 0 Å². The van der Waals surface area contributed by atoms with E-state index in [1.165, 1.54) is 0 Å². The summed E-state index contributed by atoms with van der Waals surface area (Å²) in [6.45, 7) is 10.6. The Morgan fingerprint density at radius 1 is 1.14 bits per heavy atom. The highest BCUT2D eigenvalue weighted by Gasteiger charge is 2.13. The lowest BCUT2D eigenvalue weighted by molar-refractivity contribution is -0.896. The zero-order chi connectivity index (χ0) is 20.8. The van der Waals surface area contributed by atoms with Gasteiger partial charge in [-0.05, 0) is 57.9 Å². The number of amidine groups is 1. The van der Waals surface area contributed by atoms with Gasteiger partial charge in [0.1, 0.15) is 12.4 Å². The van der Waals surface area contributed by atoms with E-state index in [2.05, 4.69) is 24.2 Å². The predicted octanol–water partition coefficient (Wildman–Crippen LogP) is 1.54. The molecule has 1 atom stereocenters. The van der Waals surface area contributed by atoms with Crippen molar-refractivity contribution >= 4 is 11.9 Å². The standard InChI is InChI=1S/C21H35N3O4/c1-6-24(7-2)14-8-9-17(3)22-21(28-16-15-26-4)23-20(25)18-10-12-19(27-5)13-11-18/h10-13,17H,6-9,14-16H2,1-5H3,(H,22,23,25)/p+1/t17-/m1/s1. The maximum absolute atomic E-state index is 12.5. The van der Waals surface area contributed by atoms with Crippen LogP contribution in [0, 0.1) is 0 Å². The quantitative estimate of drug-likeness (QED) is 0.320. The lowest BCUT2D eigenvalue weighted by Gasteiger charge is -2.16. The van der Waals surface area contributed by atoms with E-state index in [-0.39, 0.29) is 18.0 Å². The molecule has 0 saturated carbocycles. The van der Waals surface area contributed by atoms with Crippen LogP contribution in [0.5, 0.6) is 5.75 Å². The number of aliphatic imine (C=N–C) groups is 1. The van der Waals surface area contributed by atoms with Gasteiger partial charge in [0.25, 0.3) is 11.9 Å². The van der Waals surface area contributed by atoms with Crippen LogP contribution in [0.2, 0.25) is 0 Å². The Morgan fingerprint density at radius 2 is 1.82 bits per heavy atom. The smallest absolute Gasteiger partial charge is 0.292 e. The van der Waals surface area contributed by atoms with Gasteiger partial charge in [-0.25, -0.2) is 4.99 Å². The molecule has 7 nitrogen and oxygen atoms in total. The summed E-state index contributed by atoms with van der Waals surface area (Å²) < 4.78 is 15.8. The summed E-state index contributed by atoms with van der Waals surface area (Å²) in [5.74, 6) is 0.435. The number of nitrogens with zero attached hydrogens (tertiary/aromatic N) is 1. The lowest BCUT2D eigenvalue weighted by atomic mass is 10.2. The third-order valence-corrected chi connectivity index (χ3v) is 4.59. The number of hydrogen-bond acceptors (Lipinski definition) is 5. The third kappa shape index (κ3) is 9.19. The van der Waals surface area contributed by atoms with Crippen molar-refractivity contribution in [2.45, 2.75) is 39.7 Å². The Morgan fingerprint density at radius 3 is 2.39 bits per heavy atom. The van der Waals surface area contributed by atoms with Crippen molar-refractivity contribution in [2.75, 3.05) is 47.1 Å². The van der Waals surface area contributed by atoms with E-state index in [4.69, 9.17) is 14.2 Å². The Hall–Kier alpha value is -2.12. The van der Waals surface area contributed by atoms with Gasteiger partial charge in [0, 0.05) is 12.7 Å². The van der Waals surface area contributed by atoms with Crippen molar-refractivity contribution in [1.29, 1.82) is 0 Å². The predicted molar refractivity (Wildman–Crippen MR) is 111 cm³/mol. The van der Waals surface area contributed by atoms with Gasteiger partial charge in [0.05, 0.1) is 39.4 Å². The Balaban J connectivity index is 2.68. The first kappa shape index (κ1) is 23.9. The molecule has 1 aromatic carbocycles. The molecule has 2 N–H and O–H groups in total. The van der Waals surface area contributed by atoms with Crippen LogP contribution in [0.1, 0.15) is 44.0 Å². The number of carbonyl (C=O) groups excluding carboxylic acids is 1. The molecule has 158 valence electrons. The van der Waals surface area contributed by atoms with Gasteiger partial charge in [-0.15, -0.1) is 0 Å². The first-order valence-corrected chi connectivity index (χ1v) is 10.0. The fourth-order valence-corrected chi connectivity index (χ4v) is 2.75. The number of benzene rings is 1. The van der Waals surface area contributed by atoms with Crippen molar-refractivity contribution in [3.63, 3.8) is 0 Å². The largest absolute Gasteiger partial charge is 0.497 e. The van der Waals surface area contributed by atoms with Crippen LogP contribution in [0.25, 0.3) is 0 Å². The highest BCUT2D eigenvalue weighted by molar-refractivity contribution is 6.04. The molecular weight excluding hydrogens is 358 g/mol. The summed E-state index contributed by atoms with van der Waals surface area (Å²) in [5.41, 5.74) is 0.515. The second kappa shape index (κ2) is 14.0. The van der Waals surface area contributed by atoms with Crippen LogP contribution >= 0.6 is 0 Å². The van der Waals surface area contributed by atoms with Gasteiger partial charge in [-0.2, -0.15) is 0 Å². The lowest BCUT2D eigenvalue weighted by Crippen LogP contribution is -3.11. The van der Waals surface area contributed by atoms with Crippen LogP contribution in [-0.4, -0.2) is 65.0 Å². The average Bonchev–Trinajstić information content (AvgIpc) is 2.71. The molecule has 1 rings (SSSR count). The first-order valence-electron chi connectivity index (χ1n) is 10.0. The van der Waals surface area contributed by atoms with Crippen molar-refractivity contribution in [3.05, 3.63) is 29.8 Å². The summed E-state index contributed by atoms with van der Waals surface area (Å²) in [5, 5.41) is 2.77. The third-order valence-electron chi connectivity index (χ3n) is 4.59. The summed E-state index contributed by atoms with van der Waals surface area (Å²) in [6, 6.07) is 7.20. The molecule has 0 heterocycles. The number of quaternary nitrogens is 1. The fraction of sp³-hybridized carbons (Fsp3) is 0.619. The van der Waals surface area contributed by atoms with Crippen molar-refractivity contribution in [3.8, 4) is 5.75 Å². The molecule has 0 bridgehead atoms. The summed E-state index contributed by atoms with van der Waals surface area (Å²) in [7, 11) is 3.20. The van der Waals surface area contributed by atoms with E-state index < -0.39 is 0 Å². The zero-order valence-corrected chi connectivity index (χ0v) is 17.9. The van der Waals surface area contributed by atoms with Crippen LogP contribution in [0.4, 0.5) is 0 Å². The van der Waals surface area contributed by atoms with Crippen molar-refractivity contribution in [1.82, 2.24) is 5.32 Å². The van der Waals surface area contributed by atoms with Crippen LogP contribution in [-0.2, 0) is 9.47 Å². The fourth-order valence-electron chi connectivity index (χ4n) is 2.75. The Kier molecular flexibility index (Phi) is 11.9. The Labute approximate surface area is 169 Å². The van der Waals surface area contributed by atoms with Gasteiger partial charge >= 0.3 is 0 Å². The summed E-state index contributed by atoms with van der Waals surface area (Å²) in [6.07, 6.45) is 2.03. The van der Waals surface area contributed by atoms with E-state index in [0.717, 1.165) is 32.5 Å². The first-order chi connectivity index (χ1) is 13.5. The normalized spacial score (nSPS) is 12.7. The van der Waals surface area contributed by atoms with Crippen LogP contribution < -0.4 is 15.0 Å². The molecule has 0 spiro atoms. The maximum atomic E-state index is 12.5. The highest BCUT2D eigenvalue weighted by atomic mass is 16.5. The van der Waals surface area contributed by atoms with Gasteiger partial charge in [0.2, 0.25) is 0 Å². The second-order valence-corrected chi connectivity index (χ2v) is 6.66. The molecule has 0 aromatic heterocycles. The molecule has 7 heteroatoms. The molecule has 28 heavy (non-hydrogen) atoms. The Bertz CT molecular complexity index is 586. The number of hydrogen-bond donors (Lipinski definition) is 2. The summed E-state index contributed by atoms with van der Waals surface area (Å²) >= 11 is 0. The second-order valence-electron chi connectivity index (χ2n) is 6.66. The van der Waals surface area contributed by atoms with Crippen LogP contribution in [0.15, 0.2) is 29.3 Å². The van der Waals surface area contributed by atoms with E-state index in [1.54, 1.807) is 43.4 Å². The number of carbonyl (C=O) groups is 1. The van der Waals surface area contributed by atoms with Gasteiger partial charge in [-0.1, -0.05) is 0 Å². The highest BCUT2D eigenvalue weighted by Crippen LogP contribution is 2.11. The number of nitrogens with one attached hydrogen (secondary N) is 2. The number of methoxy groups -OCH3 is 2. The number of ether oxygens (including phenoxy) is 3. The van der Waals surface area contributed by atoms with Gasteiger partial charge in [0.15, 0.2) is 0 Å². The molecule has 0 aliphatic heterocycles. The maximum Gasteiger partial charge on any atom is 0.292 e. The number of amides is 1. The molecule has 0 aliphatic carbocycles. The van der Waals surface area contributed by atoms with E-state index in [9.17, 15) is 4.79 Å². The average molecular weight is 395 g/mol. The molecule has 1 amide bonds. The topological polar surface area (TPSA) is 73.6 Å². The van der Waals surface area contributed by atoms with E-state index in [0.29, 0.717) is 24.5 Å². The number of rotatable bonds is 12. The minimum absolute atomic E-state index is 0.0590. The molecule has 0 saturated heterocycles. The van der Waals surface area contributed by atoms with Crippen molar-refractivity contribution in [2.24, 2.45) is 4.99 Å². The molecule has 0 unspecified atom stereocenters. The van der Waals surface area contributed by atoms with Crippen molar-refractivity contribution < 1.29 is 23.9 Å². The van der Waals surface area contributed by atoms with Gasteiger partial charge in [-0.3, -0.25) is 10.1 Å². The molecular formula is C21H36N3O4+. The molecule has 0 aliphatic rings. The molecule has 1 aromatic rings. The van der Waals surface area contributed by atoms with Gasteiger partial charge < -0.3 is 19.1 Å². The van der Waals surface area contributed by atoms with Crippen LogP contribution in [0.3, 0.4) is 0 Å².